The van der Waals surface area contributed by atoms with Gasteiger partial charge in [0.05, 0.1) is 0 Å². The number of rotatable bonds is 5. The highest BCUT2D eigenvalue weighted by Gasteiger charge is 2.16. The van der Waals surface area contributed by atoms with Crippen molar-refractivity contribution in [2.75, 3.05) is 0 Å². The van der Waals surface area contributed by atoms with Gasteiger partial charge in [0.1, 0.15) is 12.4 Å². The summed E-state index contributed by atoms with van der Waals surface area (Å²) in [4.78, 5) is 11.9. The summed E-state index contributed by atoms with van der Waals surface area (Å²) in [5.41, 5.74) is 0.867. The lowest BCUT2D eigenvalue weighted by Gasteiger charge is -2.14. The number of hydrogen-bond acceptors (Lipinski definition) is 3. The highest BCUT2D eigenvalue weighted by atomic mass is 35.5. The van der Waals surface area contributed by atoms with Crippen LogP contribution >= 0.6 is 23.2 Å². The van der Waals surface area contributed by atoms with Crippen molar-refractivity contribution < 1.29 is 14.3 Å². The van der Waals surface area contributed by atoms with Gasteiger partial charge in [-0.15, -0.1) is 0 Å². The van der Waals surface area contributed by atoms with Crippen molar-refractivity contribution in [3.63, 3.8) is 0 Å². The Morgan fingerprint density at radius 1 is 1.00 bits per heavy atom. The molecule has 0 aliphatic carbocycles. The molecule has 21 heavy (non-hydrogen) atoms. The molecule has 3 nitrogen and oxygen atoms in total. The molecule has 2 aromatic carbocycles. The summed E-state index contributed by atoms with van der Waals surface area (Å²) in [6, 6.07) is 13.9. The number of hydrogen-bond donors (Lipinski definition) is 0. The van der Waals surface area contributed by atoms with Crippen LogP contribution in [0.5, 0.6) is 5.75 Å². The van der Waals surface area contributed by atoms with Crippen LogP contribution in [0, 0.1) is 0 Å². The summed E-state index contributed by atoms with van der Waals surface area (Å²) in [6.45, 7) is 1.82. The topological polar surface area (TPSA) is 35.5 Å². The van der Waals surface area contributed by atoms with E-state index in [0.717, 1.165) is 5.56 Å². The third-order valence-electron chi connectivity index (χ3n) is 2.75. The zero-order chi connectivity index (χ0) is 15.2. The van der Waals surface area contributed by atoms with E-state index in [9.17, 15) is 4.79 Å². The van der Waals surface area contributed by atoms with Crippen LogP contribution in [0.15, 0.2) is 48.5 Å². The van der Waals surface area contributed by atoms with E-state index in [1.54, 1.807) is 55.5 Å². The fourth-order valence-corrected chi connectivity index (χ4v) is 1.87. The normalized spacial score (nSPS) is 11.8. The summed E-state index contributed by atoms with van der Waals surface area (Å²) < 4.78 is 10.7. The molecule has 0 spiro atoms. The molecule has 0 heterocycles. The van der Waals surface area contributed by atoms with Crippen molar-refractivity contribution in [2.45, 2.75) is 19.6 Å². The minimum atomic E-state index is -0.696. The van der Waals surface area contributed by atoms with Crippen molar-refractivity contribution in [1.29, 1.82) is 0 Å². The number of carbonyl (C=O) groups excluding carboxylic acids is 1. The molecule has 1 atom stereocenters. The first-order valence-electron chi connectivity index (χ1n) is 6.38. The standard InChI is InChI=1S/C16H14Cl2O3/c1-11(21-15-8-6-14(18)7-9-15)16(19)20-10-12-2-4-13(17)5-3-12/h2-9,11H,10H2,1H3/t11-/m1/s1. The van der Waals surface area contributed by atoms with E-state index < -0.39 is 12.1 Å². The molecule has 0 aliphatic heterocycles. The van der Waals surface area contributed by atoms with E-state index in [1.165, 1.54) is 0 Å². The Morgan fingerprint density at radius 2 is 1.52 bits per heavy atom. The number of esters is 1. The van der Waals surface area contributed by atoms with Crippen molar-refractivity contribution in [1.82, 2.24) is 0 Å². The zero-order valence-electron chi connectivity index (χ0n) is 11.4. The van der Waals surface area contributed by atoms with Gasteiger partial charge in [-0.3, -0.25) is 0 Å². The molecule has 2 rings (SSSR count). The molecule has 0 fully saturated rings. The molecule has 2 aromatic rings. The van der Waals surface area contributed by atoms with Gasteiger partial charge in [-0.05, 0) is 48.9 Å². The van der Waals surface area contributed by atoms with Crippen LogP contribution in [0.1, 0.15) is 12.5 Å². The average Bonchev–Trinajstić information content (AvgIpc) is 2.48. The van der Waals surface area contributed by atoms with Crippen LogP contribution in [0.2, 0.25) is 10.0 Å². The second-order valence-electron chi connectivity index (χ2n) is 4.45. The van der Waals surface area contributed by atoms with Crippen molar-refractivity contribution >= 4 is 29.2 Å². The van der Waals surface area contributed by atoms with E-state index >= 15 is 0 Å². The minimum absolute atomic E-state index is 0.185. The van der Waals surface area contributed by atoms with E-state index in [0.29, 0.717) is 15.8 Å². The summed E-state index contributed by atoms with van der Waals surface area (Å²) in [5, 5.41) is 1.25. The monoisotopic (exact) mass is 324 g/mol. The Hall–Kier alpha value is -1.71. The van der Waals surface area contributed by atoms with E-state index in [-0.39, 0.29) is 6.61 Å². The number of halogens is 2. The first-order valence-corrected chi connectivity index (χ1v) is 7.13. The summed E-state index contributed by atoms with van der Waals surface area (Å²) >= 11 is 11.6. The van der Waals surface area contributed by atoms with Gasteiger partial charge in [0.15, 0.2) is 6.10 Å². The highest BCUT2D eigenvalue weighted by molar-refractivity contribution is 6.30. The van der Waals surface area contributed by atoms with Crippen LogP contribution in [0.4, 0.5) is 0 Å². The lowest BCUT2D eigenvalue weighted by atomic mass is 10.2. The largest absolute Gasteiger partial charge is 0.479 e. The first kappa shape index (κ1) is 15.7. The van der Waals surface area contributed by atoms with Gasteiger partial charge in [0, 0.05) is 10.0 Å². The molecule has 110 valence electrons. The molecular formula is C16H14Cl2O3. The number of carbonyl (C=O) groups is 1. The molecule has 0 amide bonds. The second kappa shape index (κ2) is 7.34. The van der Waals surface area contributed by atoms with Crippen LogP contribution < -0.4 is 4.74 Å². The van der Waals surface area contributed by atoms with Gasteiger partial charge >= 0.3 is 5.97 Å². The Balaban J connectivity index is 1.84. The maximum absolute atomic E-state index is 11.9. The molecule has 0 bridgehead atoms. The number of ether oxygens (including phenoxy) is 2. The quantitative estimate of drug-likeness (QED) is 0.759. The molecular weight excluding hydrogens is 311 g/mol. The molecule has 0 aromatic heterocycles. The van der Waals surface area contributed by atoms with Gasteiger partial charge in [0.2, 0.25) is 0 Å². The third kappa shape index (κ3) is 4.96. The predicted molar refractivity (Wildman–Crippen MR) is 82.8 cm³/mol. The van der Waals surface area contributed by atoms with Gasteiger partial charge in [-0.2, -0.15) is 0 Å². The van der Waals surface area contributed by atoms with E-state index in [4.69, 9.17) is 32.7 Å². The van der Waals surface area contributed by atoms with Crippen LogP contribution in [-0.4, -0.2) is 12.1 Å². The highest BCUT2D eigenvalue weighted by Crippen LogP contribution is 2.17. The average molecular weight is 325 g/mol. The van der Waals surface area contributed by atoms with E-state index in [1.807, 2.05) is 0 Å². The van der Waals surface area contributed by atoms with Gasteiger partial charge in [-0.25, -0.2) is 4.79 Å². The maximum Gasteiger partial charge on any atom is 0.347 e. The molecule has 0 unspecified atom stereocenters. The van der Waals surface area contributed by atoms with Crippen LogP contribution in [0.25, 0.3) is 0 Å². The van der Waals surface area contributed by atoms with Crippen LogP contribution in [-0.2, 0) is 16.1 Å². The Kier molecular flexibility index (Phi) is 5.48. The summed E-state index contributed by atoms with van der Waals surface area (Å²) in [5.74, 6) is 0.134. The minimum Gasteiger partial charge on any atom is -0.479 e. The first-order chi connectivity index (χ1) is 10.0. The molecule has 0 aliphatic rings. The lowest BCUT2D eigenvalue weighted by Crippen LogP contribution is -2.26. The maximum atomic E-state index is 11.9. The molecule has 0 N–H and O–H groups in total. The fraction of sp³-hybridized carbons (Fsp3) is 0.188. The van der Waals surface area contributed by atoms with Crippen molar-refractivity contribution in [3.8, 4) is 5.75 Å². The van der Waals surface area contributed by atoms with Gasteiger partial charge < -0.3 is 9.47 Å². The van der Waals surface area contributed by atoms with Crippen molar-refractivity contribution in [3.05, 3.63) is 64.1 Å². The fourth-order valence-electron chi connectivity index (χ4n) is 1.62. The second-order valence-corrected chi connectivity index (χ2v) is 5.32. The van der Waals surface area contributed by atoms with Gasteiger partial charge in [0.25, 0.3) is 0 Å². The molecule has 0 saturated carbocycles. The number of benzene rings is 2. The predicted octanol–water partition coefficient (Wildman–Crippen LogP) is 4.50. The molecule has 0 radical (unpaired) electrons. The Bertz CT molecular complexity index is 594. The Labute approximate surface area is 133 Å². The van der Waals surface area contributed by atoms with Crippen LogP contribution in [0.3, 0.4) is 0 Å². The molecule has 5 heteroatoms. The third-order valence-corrected chi connectivity index (χ3v) is 3.26. The molecule has 0 saturated heterocycles. The Morgan fingerprint density at radius 3 is 2.10 bits per heavy atom. The summed E-state index contributed by atoms with van der Waals surface area (Å²) in [6.07, 6.45) is -0.696. The zero-order valence-corrected chi connectivity index (χ0v) is 12.9. The van der Waals surface area contributed by atoms with E-state index in [2.05, 4.69) is 0 Å². The lowest BCUT2D eigenvalue weighted by molar-refractivity contribution is -0.152. The SMILES string of the molecule is C[C@@H](Oc1ccc(Cl)cc1)C(=O)OCc1ccc(Cl)cc1. The summed E-state index contributed by atoms with van der Waals surface area (Å²) in [7, 11) is 0. The smallest absolute Gasteiger partial charge is 0.347 e. The van der Waals surface area contributed by atoms with Gasteiger partial charge in [-0.1, -0.05) is 35.3 Å². The van der Waals surface area contributed by atoms with Crippen molar-refractivity contribution in [2.24, 2.45) is 0 Å².